The van der Waals surface area contributed by atoms with Gasteiger partial charge in [0.05, 0.1) is 0 Å². The molecule has 3 nitrogen and oxygen atoms in total. The van der Waals surface area contributed by atoms with Crippen molar-refractivity contribution < 1.29 is 27.9 Å². The Morgan fingerprint density at radius 2 is 1.27 bits per heavy atom. The van der Waals surface area contributed by atoms with Gasteiger partial charge in [-0.2, -0.15) is 13.2 Å². The molecule has 0 aliphatic rings. The number of carboxylic acids is 1. The van der Waals surface area contributed by atoms with Crippen molar-refractivity contribution in [1.82, 2.24) is 0 Å². The van der Waals surface area contributed by atoms with Crippen LogP contribution in [0.25, 0.3) is 0 Å². The zero-order valence-electron chi connectivity index (χ0n) is 11.2. The molecule has 0 saturated carbocycles. The molecule has 22 heavy (non-hydrogen) atoms. The fraction of sp³-hybridized carbons (Fsp3) is 0.125. The van der Waals surface area contributed by atoms with E-state index in [0.29, 0.717) is 0 Å². The predicted octanol–water partition coefficient (Wildman–Crippen LogP) is 3.45. The second kappa shape index (κ2) is 5.63. The van der Waals surface area contributed by atoms with E-state index >= 15 is 0 Å². The highest BCUT2D eigenvalue weighted by Crippen LogP contribution is 2.44. The number of hydrogen-bond donors (Lipinski definition) is 1. The minimum absolute atomic E-state index is 0.314. The molecule has 1 unspecified atom stereocenters. The molecule has 2 aromatic carbocycles. The second-order valence-electron chi connectivity index (χ2n) is 4.61. The van der Waals surface area contributed by atoms with Crippen LogP contribution in [-0.4, -0.2) is 23.0 Å². The first kappa shape index (κ1) is 15.8. The number of ketones is 1. The SMILES string of the molecule is O=C(O)C(C(=O)c1ccccc1)(c1ccccc1)C(F)(F)F. The van der Waals surface area contributed by atoms with Crippen molar-refractivity contribution in [2.45, 2.75) is 11.6 Å². The lowest BCUT2D eigenvalue weighted by atomic mass is 9.73. The Bertz CT molecular complexity index is 681. The normalized spacial score (nSPS) is 14.1. The number of halogens is 3. The lowest BCUT2D eigenvalue weighted by Crippen LogP contribution is -2.55. The quantitative estimate of drug-likeness (QED) is 0.695. The van der Waals surface area contributed by atoms with E-state index in [1.54, 1.807) is 0 Å². The van der Waals surface area contributed by atoms with Gasteiger partial charge in [-0.05, 0) is 5.56 Å². The molecule has 0 aliphatic heterocycles. The van der Waals surface area contributed by atoms with Crippen LogP contribution < -0.4 is 0 Å². The van der Waals surface area contributed by atoms with Crippen LogP contribution in [0.1, 0.15) is 15.9 Å². The molecule has 2 aromatic rings. The third-order valence-electron chi connectivity index (χ3n) is 3.33. The summed E-state index contributed by atoms with van der Waals surface area (Å²) in [6, 6.07) is 12.5. The van der Waals surface area contributed by atoms with Gasteiger partial charge in [-0.1, -0.05) is 60.7 Å². The number of carbonyl (C=O) groups is 2. The van der Waals surface area contributed by atoms with Crippen LogP contribution in [-0.2, 0) is 10.2 Å². The van der Waals surface area contributed by atoms with Crippen LogP contribution >= 0.6 is 0 Å². The van der Waals surface area contributed by atoms with Crippen LogP contribution in [0, 0.1) is 0 Å². The van der Waals surface area contributed by atoms with Crippen LogP contribution in [0.3, 0.4) is 0 Å². The minimum atomic E-state index is -5.28. The van der Waals surface area contributed by atoms with Gasteiger partial charge in [0.1, 0.15) is 0 Å². The van der Waals surface area contributed by atoms with Gasteiger partial charge in [0.25, 0.3) is 0 Å². The lowest BCUT2D eigenvalue weighted by molar-refractivity contribution is -0.193. The number of carbonyl (C=O) groups excluding carboxylic acids is 1. The van der Waals surface area contributed by atoms with Gasteiger partial charge in [0.2, 0.25) is 5.41 Å². The van der Waals surface area contributed by atoms with Gasteiger partial charge in [-0.25, -0.2) is 0 Å². The molecule has 0 amide bonds. The molecule has 114 valence electrons. The molecule has 1 N–H and O–H groups in total. The van der Waals surface area contributed by atoms with E-state index < -0.39 is 28.9 Å². The fourth-order valence-corrected chi connectivity index (χ4v) is 2.26. The average molecular weight is 308 g/mol. The maximum atomic E-state index is 13.6. The Morgan fingerprint density at radius 3 is 1.68 bits per heavy atom. The fourth-order valence-electron chi connectivity index (χ4n) is 2.26. The Labute approximate surface area is 124 Å². The molecule has 0 bridgehead atoms. The molecular formula is C16H11F3O3. The maximum absolute atomic E-state index is 13.6. The zero-order chi connectivity index (χ0) is 16.4. The van der Waals surface area contributed by atoms with E-state index in [9.17, 15) is 27.9 Å². The third-order valence-corrected chi connectivity index (χ3v) is 3.33. The van der Waals surface area contributed by atoms with Crippen molar-refractivity contribution in [3.63, 3.8) is 0 Å². The maximum Gasteiger partial charge on any atom is 0.416 e. The highest BCUT2D eigenvalue weighted by Gasteiger charge is 2.67. The Kier molecular flexibility index (Phi) is 4.03. The molecule has 0 fully saturated rings. The van der Waals surface area contributed by atoms with Crippen LogP contribution in [0.15, 0.2) is 60.7 Å². The van der Waals surface area contributed by atoms with Crippen molar-refractivity contribution in [2.75, 3.05) is 0 Å². The summed E-state index contributed by atoms with van der Waals surface area (Å²) in [4.78, 5) is 24.0. The number of aliphatic carboxylic acids is 1. The molecule has 0 radical (unpaired) electrons. The topological polar surface area (TPSA) is 54.4 Å². The van der Waals surface area contributed by atoms with Crippen LogP contribution in [0.5, 0.6) is 0 Å². The van der Waals surface area contributed by atoms with Gasteiger partial charge in [0, 0.05) is 5.56 Å². The molecule has 0 saturated heterocycles. The number of rotatable bonds is 4. The lowest BCUT2D eigenvalue weighted by Gasteiger charge is -2.30. The minimum Gasteiger partial charge on any atom is -0.480 e. The predicted molar refractivity (Wildman–Crippen MR) is 72.6 cm³/mol. The van der Waals surface area contributed by atoms with E-state index in [-0.39, 0.29) is 5.56 Å². The van der Waals surface area contributed by atoms with Gasteiger partial charge < -0.3 is 5.11 Å². The molecule has 0 spiro atoms. The van der Waals surface area contributed by atoms with Crippen molar-refractivity contribution in [1.29, 1.82) is 0 Å². The summed E-state index contributed by atoms with van der Waals surface area (Å²) in [6.45, 7) is 0. The third kappa shape index (κ3) is 2.36. The van der Waals surface area contributed by atoms with E-state index in [4.69, 9.17) is 0 Å². The summed E-state index contributed by atoms with van der Waals surface area (Å²) in [5.41, 5.74) is -4.56. The van der Waals surface area contributed by atoms with E-state index in [2.05, 4.69) is 0 Å². The summed E-state index contributed by atoms with van der Waals surface area (Å²) in [5, 5.41) is 9.30. The van der Waals surface area contributed by atoms with Crippen molar-refractivity contribution in [3.05, 3.63) is 71.8 Å². The Hall–Kier alpha value is -2.63. The highest BCUT2D eigenvalue weighted by atomic mass is 19.4. The first-order valence-corrected chi connectivity index (χ1v) is 6.27. The van der Waals surface area contributed by atoms with Crippen molar-refractivity contribution in [2.24, 2.45) is 0 Å². The van der Waals surface area contributed by atoms with E-state index in [1.165, 1.54) is 36.4 Å². The number of hydrogen-bond acceptors (Lipinski definition) is 2. The first-order chi connectivity index (χ1) is 10.3. The Balaban J connectivity index is 2.76. The van der Waals surface area contributed by atoms with E-state index in [1.807, 2.05) is 0 Å². The smallest absolute Gasteiger partial charge is 0.416 e. The second-order valence-corrected chi connectivity index (χ2v) is 4.61. The summed E-state index contributed by atoms with van der Waals surface area (Å²) in [7, 11) is 0. The summed E-state index contributed by atoms with van der Waals surface area (Å²) < 4.78 is 40.9. The zero-order valence-corrected chi connectivity index (χ0v) is 11.2. The van der Waals surface area contributed by atoms with E-state index in [0.717, 1.165) is 24.3 Å². The standard InChI is InChI=1S/C16H11F3O3/c17-16(18,19)15(14(21)22,12-9-5-2-6-10-12)13(20)11-7-3-1-4-8-11/h1-10H,(H,21,22). The van der Waals surface area contributed by atoms with Crippen molar-refractivity contribution >= 4 is 11.8 Å². The molecular weight excluding hydrogens is 297 g/mol. The van der Waals surface area contributed by atoms with Gasteiger partial charge in [-0.15, -0.1) is 0 Å². The summed E-state index contributed by atoms with van der Waals surface area (Å²) in [6.07, 6.45) is -5.28. The molecule has 1 atom stereocenters. The summed E-state index contributed by atoms with van der Waals surface area (Å²) in [5.74, 6) is -3.76. The number of benzene rings is 2. The van der Waals surface area contributed by atoms with Gasteiger partial charge in [-0.3, -0.25) is 9.59 Å². The monoisotopic (exact) mass is 308 g/mol. The molecule has 2 rings (SSSR count). The largest absolute Gasteiger partial charge is 0.480 e. The number of alkyl halides is 3. The molecule has 0 aromatic heterocycles. The highest BCUT2D eigenvalue weighted by molar-refractivity contribution is 6.17. The number of carboxylic acid groups (broad SMARTS) is 1. The van der Waals surface area contributed by atoms with Crippen LogP contribution in [0.4, 0.5) is 13.2 Å². The number of Topliss-reactive ketones (excluding diaryl/α,β-unsaturated/α-hetero) is 1. The first-order valence-electron chi connectivity index (χ1n) is 6.27. The Morgan fingerprint density at radius 1 is 0.818 bits per heavy atom. The average Bonchev–Trinajstić information content (AvgIpc) is 2.48. The molecule has 0 aliphatic carbocycles. The van der Waals surface area contributed by atoms with Crippen molar-refractivity contribution in [3.8, 4) is 0 Å². The van der Waals surface area contributed by atoms with Gasteiger partial charge in [0.15, 0.2) is 5.78 Å². The summed E-state index contributed by atoms with van der Waals surface area (Å²) >= 11 is 0. The molecule has 0 heterocycles. The molecule has 6 heteroatoms. The van der Waals surface area contributed by atoms with Crippen LogP contribution in [0.2, 0.25) is 0 Å². The van der Waals surface area contributed by atoms with Gasteiger partial charge >= 0.3 is 12.1 Å².